The number of nitrogens with two attached hydrogens (primary N) is 1. The van der Waals surface area contributed by atoms with Gasteiger partial charge in [-0.25, -0.2) is 0 Å². The van der Waals surface area contributed by atoms with E-state index in [0.29, 0.717) is 6.07 Å². The van der Waals surface area contributed by atoms with Crippen molar-refractivity contribution in [1.82, 2.24) is 0 Å². The minimum atomic E-state index is -4.63. The van der Waals surface area contributed by atoms with Crippen molar-refractivity contribution in [2.75, 3.05) is 6.54 Å². The molecule has 0 radical (unpaired) electrons. The van der Waals surface area contributed by atoms with Gasteiger partial charge in [-0.1, -0.05) is 18.5 Å². The summed E-state index contributed by atoms with van der Waals surface area (Å²) in [4.78, 5) is 0. The molecule has 0 aliphatic heterocycles. The highest BCUT2D eigenvalue weighted by Gasteiger charge is 2.35. The number of phenolic OH excluding ortho intramolecular Hbond substituents is 1. The molecule has 0 saturated carbocycles. The van der Waals surface area contributed by atoms with E-state index in [0.717, 1.165) is 0 Å². The molecule has 0 aliphatic carbocycles. The van der Waals surface area contributed by atoms with Gasteiger partial charge < -0.3 is 10.8 Å². The number of aromatic hydroxyl groups is 1. The molecule has 16 heavy (non-hydrogen) atoms. The van der Waals surface area contributed by atoms with Crippen LogP contribution >= 0.6 is 11.6 Å². The molecule has 0 spiro atoms. The molecule has 2 nitrogen and oxygen atoms in total. The summed E-state index contributed by atoms with van der Waals surface area (Å²) >= 11 is 5.58. The summed E-state index contributed by atoms with van der Waals surface area (Å²) in [5, 5.41) is 9.45. The van der Waals surface area contributed by atoms with Gasteiger partial charge in [-0.15, -0.1) is 0 Å². The van der Waals surface area contributed by atoms with Gasteiger partial charge in [0.1, 0.15) is 5.75 Å². The second kappa shape index (κ2) is 4.51. The first-order valence-electron chi connectivity index (χ1n) is 4.57. The van der Waals surface area contributed by atoms with Crippen LogP contribution in [0.25, 0.3) is 0 Å². The maximum absolute atomic E-state index is 12.5. The third-order valence-corrected chi connectivity index (χ3v) is 2.51. The predicted octanol–water partition coefficient (Wildman–Crippen LogP) is 3.13. The van der Waals surface area contributed by atoms with Crippen molar-refractivity contribution < 1.29 is 18.3 Å². The molecule has 90 valence electrons. The number of halogens is 4. The maximum Gasteiger partial charge on any atom is 0.420 e. The van der Waals surface area contributed by atoms with Crippen LogP contribution in [0.4, 0.5) is 13.2 Å². The fourth-order valence-electron chi connectivity index (χ4n) is 1.34. The monoisotopic (exact) mass is 253 g/mol. The summed E-state index contributed by atoms with van der Waals surface area (Å²) in [7, 11) is 0. The van der Waals surface area contributed by atoms with Crippen molar-refractivity contribution in [3.05, 3.63) is 28.3 Å². The molecular formula is C10H11ClF3NO. The van der Waals surface area contributed by atoms with Crippen LogP contribution in [0.5, 0.6) is 5.75 Å². The van der Waals surface area contributed by atoms with E-state index in [4.69, 9.17) is 17.3 Å². The van der Waals surface area contributed by atoms with Gasteiger partial charge in [0.15, 0.2) is 0 Å². The van der Waals surface area contributed by atoms with Crippen molar-refractivity contribution in [2.45, 2.75) is 19.0 Å². The number of phenols is 1. The SMILES string of the molecule is CC(CN)c1cc(Cl)cc(C(F)(F)F)c1O. The lowest BCUT2D eigenvalue weighted by Crippen LogP contribution is -2.12. The van der Waals surface area contributed by atoms with E-state index < -0.39 is 17.5 Å². The highest BCUT2D eigenvalue weighted by atomic mass is 35.5. The lowest BCUT2D eigenvalue weighted by Gasteiger charge is -2.16. The average molecular weight is 254 g/mol. The first kappa shape index (κ1) is 13.1. The average Bonchev–Trinajstić information content (AvgIpc) is 2.18. The fraction of sp³-hybridized carbons (Fsp3) is 0.400. The normalized spacial score (nSPS) is 13.9. The Labute approximate surface area is 95.8 Å². The summed E-state index contributed by atoms with van der Waals surface area (Å²) in [5.74, 6) is -1.19. The second-order valence-electron chi connectivity index (χ2n) is 3.53. The molecule has 0 saturated heterocycles. The van der Waals surface area contributed by atoms with E-state index in [1.54, 1.807) is 6.92 Å². The zero-order chi connectivity index (χ0) is 12.5. The van der Waals surface area contributed by atoms with E-state index in [1.807, 2.05) is 0 Å². The molecule has 1 aromatic rings. The zero-order valence-electron chi connectivity index (χ0n) is 8.48. The lowest BCUT2D eigenvalue weighted by molar-refractivity contribution is -0.138. The Morgan fingerprint density at radius 3 is 2.44 bits per heavy atom. The summed E-state index contributed by atoms with van der Waals surface area (Å²) in [6.45, 7) is 1.75. The first-order chi connectivity index (χ1) is 7.27. The number of rotatable bonds is 2. The Balaban J connectivity index is 3.38. The molecule has 3 N–H and O–H groups in total. The number of hydrogen-bond donors (Lipinski definition) is 2. The topological polar surface area (TPSA) is 46.2 Å². The van der Waals surface area contributed by atoms with Crippen molar-refractivity contribution >= 4 is 11.6 Å². The summed E-state index contributed by atoms with van der Waals surface area (Å²) in [6, 6.07) is 1.99. The Morgan fingerprint density at radius 1 is 1.44 bits per heavy atom. The minimum Gasteiger partial charge on any atom is -0.507 e. The van der Waals surface area contributed by atoms with Gasteiger partial charge in [0.05, 0.1) is 5.56 Å². The Hall–Kier alpha value is -0.940. The van der Waals surface area contributed by atoms with Gasteiger partial charge in [0.2, 0.25) is 0 Å². The van der Waals surface area contributed by atoms with Gasteiger partial charge in [-0.2, -0.15) is 13.2 Å². The smallest absolute Gasteiger partial charge is 0.420 e. The predicted molar refractivity (Wildman–Crippen MR) is 55.6 cm³/mol. The van der Waals surface area contributed by atoms with E-state index in [9.17, 15) is 18.3 Å². The highest BCUT2D eigenvalue weighted by molar-refractivity contribution is 6.30. The summed E-state index contributed by atoms with van der Waals surface area (Å²) in [6.07, 6.45) is -4.63. The molecule has 0 aliphatic rings. The molecule has 1 aromatic carbocycles. The van der Waals surface area contributed by atoms with E-state index in [1.165, 1.54) is 6.07 Å². The number of hydrogen-bond acceptors (Lipinski definition) is 2. The van der Waals surface area contributed by atoms with Crippen LogP contribution in [0.1, 0.15) is 24.0 Å². The summed E-state index contributed by atoms with van der Waals surface area (Å²) < 4.78 is 37.6. The van der Waals surface area contributed by atoms with Crippen LogP contribution in [0.15, 0.2) is 12.1 Å². The minimum absolute atomic E-state index is 0.0691. The van der Waals surface area contributed by atoms with Crippen LogP contribution in [-0.4, -0.2) is 11.7 Å². The molecular weight excluding hydrogens is 243 g/mol. The van der Waals surface area contributed by atoms with Crippen molar-refractivity contribution in [1.29, 1.82) is 0 Å². The first-order valence-corrected chi connectivity index (χ1v) is 4.94. The van der Waals surface area contributed by atoms with Crippen molar-refractivity contribution in [3.63, 3.8) is 0 Å². The quantitative estimate of drug-likeness (QED) is 0.851. The highest BCUT2D eigenvalue weighted by Crippen LogP contribution is 2.41. The van der Waals surface area contributed by atoms with Crippen molar-refractivity contribution in [2.24, 2.45) is 5.73 Å². The van der Waals surface area contributed by atoms with Gasteiger partial charge >= 0.3 is 6.18 Å². The molecule has 0 fully saturated rings. The Kier molecular flexibility index (Phi) is 3.70. The van der Waals surface area contributed by atoms with E-state index >= 15 is 0 Å². The summed E-state index contributed by atoms with van der Waals surface area (Å²) in [5.41, 5.74) is 4.33. The molecule has 1 atom stereocenters. The van der Waals surface area contributed by atoms with E-state index in [-0.39, 0.29) is 23.0 Å². The van der Waals surface area contributed by atoms with Gasteiger partial charge in [-0.3, -0.25) is 0 Å². The fourth-order valence-corrected chi connectivity index (χ4v) is 1.57. The van der Waals surface area contributed by atoms with Crippen LogP contribution in [0.3, 0.4) is 0 Å². The van der Waals surface area contributed by atoms with Crippen LogP contribution < -0.4 is 5.73 Å². The van der Waals surface area contributed by atoms with Crippen molar-refractivity contribution in [3.8, 4) is 5.75 Å². The lowest BCUT2D eigenvalue weighted by atomic mass is 9.97. The number of benzene rings is 1. The molecule has 1 rings (SSSR count). The molecule has 6 heteroatoms. The van der Waals surface area contributed by atoms with Gasteiger partial charge in [0, 0.05) is 10.6 Å². The maximum atomic E-state index is 12.5. The third-order valence-electron chi connectivity index (χ3n) is 2.29. The molecule has 0 aromatic heterocycles. The molecule has 1 unspecified atom stereocenters. The molecule has 0 bridgehead atoms. The second-order valence-corrected chi connectivity index (χ2v) is 3.96. The zero-order valence-corrected chi connectivity index (χ0v) is 9.23. The van der Waals surface area contributed by atoms with Crippen LogP contribution in [0, 0.1) is 0 Å². The van der Waals surface area contributed by atoms with Gasteiger partial charge in [0.25, 0.3) is 0 Å². The molecule has 0 amide bonds. The van der Waals surface area contributed by atoms with E-state index in [2.05, 4.69) is 0 Å². The number of alkyl halides is 3. The third kappa shape index (κ3) is 2.59. The van der Waals surface area contributed by atoms with Gasteiger partial charge in [-0.05, 0) is 24.6 Å². The Morgan fingerprint density at radius 2 is 2.00 bits per heavy atom. The largest absolute Gasteiger partial charge is 0.507 e. The Bertz CT molecular complexity index is 392. The van der Waals surface area contributed by atoms with Crippen LogP contribution in [-0.2, 0) is 6.18 Å². The standard InChI is InChI=1S/C10H11ClF3NO/c1-5(4-15)7-2-6(11)3-8(9(7)16)10(12,13)14/h2-3,5,16H,4,15H2,1H3. The molecule has 0 heterocycles. The van der Waals surface area contributed by atoms with Crippen LogP contribution in [0.2, 0.25) is 5.02 Å².